The summed E-state index contributed by atoms with van der Waals surface area (Å²) in [6, 6.07) is 6.30. The number of likely N-dealkylation sites (N-methyl/N-ethyl adjacent to an activating group) is 1. The highest BCUT2D eigenvalue weighted by Gasteiger charge is 2.35. The van der Waals surface area contributed by atoms with Crippen LogP contribution in [0.1, 0.15) is 12.8 Å². The fourth-order valence-electron chi connectivity index (χ4n) is 2.35. The molecule has 1 fully saturated rings. The number of aliphatic hydroxyl groups is 1. The third-order valence-electron chi connectivity index (χ3n) is 3.69. The van der Waals surface area contributed by atoms with E-state index in [0.717, 1.165) is 0 Å². The third kappa shape index (κ3) is 3.74. The Kier molecular flexibility index (Phi) is 4.88. The molecule has 0 aromatic heterocycles. The Bertz CT molecular complexity index is 581. The van der Waals surface area contributed by atoms with Crippen LogP contribution < -0.4 is 4.74 Å². The monoisotopic (exact) mass is 315 g/mol. The van der Waals surface area contributed by atoms with Crippen LogP contribution in [0.2, 0.25) is 0 Å². The topological polar surface area (TPSA) is 76.1 Å². The molecule has 118 valence electrons. The highest BCUT2D eigenvalue weighted by molar-refractivity contribution is 7.89. The van der Waals surface area contributed by atoms with Gasteiger partial charge in [0.05, 0.1) is 17.6 Å². The molecule has 2 rings (SSSR count). The maximum absolute atomic E-state index is 12.5. The first-order valence-corrected chi connectivity index (χ1v) is 8.22. The zero-order valence-corrected chi connectivity index (χ0v) is 13.1. The number of sulfonamides is 1. The Hall–Kier alpha value is -1.15. The summed E-state index contributed by atoms with van der Waals surface area (Å²) in [7, 11) is -0.696. The van der Waals surface area contributed by atoms with Gasteiger partial charge in [-0.15, -0.1) is 0 Å². The van der Waals surface area contributed by atoms with E-state index in [2.05, 4.69) is 0 Å². The first-order chi connectivity index (χ1) is 9.87. The Morgan fingerprint density at radius 2 is 2.05 bits per heavy atom. The van der Waals surface area contributed by atoms with Crippen molar-refractivity contribution in [3.63, 3.8) is 0 Å². The molecular formula is C14H21NO5S. The molecule has 0 spiro atoms. The quantitative estimate of drug-likeness (QED) is 0.872. The average Bonchev–Trinajstić information content (AvgIpc) is 2.47. The zero-order valence-electron chi connectivity index (χ0n) is 12.3. The molecule has 1 aliphatic rings. The van der Waals surface area contributed by atoms with Crippen molar-refractivity contribution in [3.05, 3.63) is 24.3 Å². The third-order valence-corrected chi connectivity index (χ3v) is 5.49. The average molecular weight is 315 g/mol. The van der Waals surface area contributed by atoms with Crippen molar-refractivity contribution in [2.75, 3.05) is 33.9 Å². The Morgan fingerprint density at radius 1 is 1.38 bits per heavy atom. The summed E-state index contributed by atoms with van der Waals surface area (Å²) < 4.78 is 36.5. The second kappa shape index (κ2) is 6.31. The van der Waals surface area contributed by atoms with Crippen LogP contribution in [0.5, 0.6) is 5.75 Å². The van der Waals surface area contributed by atoms with Crippen LogP contribution in [0.15, 0.2) is 29.2 Å². The maximum atomic E-state index is 12.5. The van der Waals surface area contributed by atoms with Crippen molar-refractivity contribution in [2.24, 2.45) is 0 Å². The summed E-state index contributed by atoms with van der Waals surface area (Å²) in [6.45, 7) is 0.947. The fourth-order valence-corrected chi connectivity index (χ4v) is 3.64. The maximum Gasteiger partial charge on any atom is 0.243 e. The van der Waals surface area contributed by atoms with E-state index in [1.54, 1.807) is 12.1 Å². The molecule has 1 saturated heterocycles. The molecule has 0 unspecified atom stereocenters. The van der Waals surface area contributed by atoms with E-state index in [1.807, 2.05) is 0 Å². The van der Waals surface area contributed by atoms with Gasteiger partial charge in [-0.05, 0) is 12.1 Å². The zero-order chi connectivity index (χ0) is 15.5. The van der Waals surface area contributed by atoms with E-state index >= 15 is 0 Å². The molecular weight excluding hydrogens is 294 g/mol. The van der Waals surface area contributed by atoms with E-state index in [-0.39, 0.29) is 11.4 Å². The SMILES string of the molecule is COc1cccc(S(=O)(=O)N(C)CC2(O)CCOCC2)c1. The lowest BCUT2D eigenvalue weighted by atomic mass is 9.95. The molecule has 0 amide bonds. The van der Waals surface area contributed by atoms with Gasteiger partial charge >= 0.3 is 0 Å². The van der Waals surface area contributed by atoms with E-state index < -0.39 is 15.6 Å². The Labute approximate surface area is 125 Å². The van der Waals surface area contributed by atoms with Crippen LogP contribution in [0.25, 0.3) is 0 Å². The van der Waals surface area contributed by atoms with E-state index in [9.17, 15) is 13.5 Å². The number of methoxy groups -OCH3 is 1. The summed E-state index contributed by atoms with van der Waals surface area (Å²) in [5.41, 5.74) is -1.03. The predicted octanol–water partition coefficient (Wildman–Crippen LogP) is 0.857. The van der Waals surface area contributed by atoms with Gasteiger partial charge in [-0.25, -0.2) is 8.42 Å². The predicted molar refractivity (Wildman–Crippen MR) is 77.8 cm³/mol. The second-order valence-corrected chi connectivity index (χ2v) is 7.32. The van der Waals surface area contributed by atoms with Gasteiger partial charge < -0.3 is 14.6 Å². The minimum atomic E-state index is -3.66. The smallest absolute Gasteiger partial charge is 0.243 e. The van der Waals surface area contributed by atoms with Crippen molar-refractivity contribution < 1.29 is 23.0 Å². The second-order valence-electron chi connectivity index (χ2n) is 5.28. The number of ether oxygens (including phenoxy) is 2. The molecule has 0 saturated carbocycles. The van der Waals surface area contributed by atoms with Gasteiger partial charge in [0.2, 0.25) is 10.0 Å². The summed E-state index contributed by atoms with van der Waals surface area (Å²) in [6.07, 6.45) is 0.871. The van der Waals surface area contributed by atoms with Gasteiger partial charge in [0.1, 0.15) is 5.75 Å². The first kappa shape index (κ1) is 16.2. The molecule has 0 bridgehead atoms. The van der Waals surface area contributed by atoms with Gasteiger partial charge in [-0.3, -0.25) is 0 Å². The van der Waals surface area contributed by atoms with E-state index in [1.165, 1.54) is 30.6 Å². The largest absolute Gasteiger partial charge is 0.497 e. The van der Waals surface area contributed by atoms with Crippen LogP contribution in [-0.2, 0) is 14.8 Å². The van der Waals surface area contributed by atoms with Crippen LogP contribution >= 0.6 is 0 Å². The molecule has 1 aliphatic heterocycles. The summed E-state index contributed by atoms with van der Waals surface area (Å²) in [5, 5.41) is 10.4. The lowest BCUT2D eigenvalue weighted by Crippen LogP contribution is -2.47. The Morgan fingerprint density at radius 3 is 2.67 bits per heavy atom. The van der Waals surface area contributed by atoms with Crippen molar-refractivity contribution >= 4 is 10.0 Å². The highest BCUT2D eigenvalue weighted by atomic mass is 32.2. The van der Waals surface area contributed by atoms with Crippen LogP contribution in [0, 0.1) is 0 Å². The molecule has 0 radical (unpaired) electrons. The van der Waals surface area contributed by atoms with Crippen LogP contribution in [-0.4, -0.2) is 57.3 Å². The molecule has 0 atom stereocenters. The number of rotatable bonds is 5. The van der Waals surface area contributed by atoms with Crippen molar-refractivity contribution in [1.82, 2.24) is 4.31 Å². The summed E-state index contributed by atoms with van der Waals surface area (Å²) >= 11 is 0. The minimum absolute atomic E-state index is 0.0515. The standard InChI is InChI=1S/C14H21NO5S/c1-15(11-14(16)6-8-20-9-7-14)21(17,18)13-5-3-4-12(10-13)19-2/h3-5,10,16H,6-9,11H2,1-2H3. The van der Waals surface area contributed by atoms with Gasteiger partial charge in [-0.2, -0.15) is 4.31 Å². The first-order valence-electron chi connectivity index (χ1n) is 6.78. The lowest BCUT2D eigenvalue weighted by molar-refractivity contribution is -0.0689. The van der Waals surface area contributed by atoms with Gasteiger partial charge in [-0.1, -0.05) is 6.07 Å². The summed E-state index contributed by atoms with van der Waals surface area (Å²) in [4.78, 5) is 0.153. The van der Waals surface area contributed by atoms with Gasteiger partial charge in [0, 0.05) is 45.7 Å². The normalized spacial score (nSPS) is 18.7. The molecule has 1 aromatic rings. The molecule has 21 heavy (non-hydrogen) atoms. The van der Waals surface area contributed by atoms with Crippen molar-refractivity contribution in [3.8, 4) is 5.75 Å². The molecule has 7 heteroatoms. The summed E-state index contributed by atoms with van der Waals surface area (Å²) in [5.74, 6) is 0.481. The van der Waals surface area contributed by atoms with E-state index in [4.69, 9.17) is 9.47 Å². The van der Waals surface area contributed by atoms with Gasteiger partial charge in [0.25, 0.3) is 0 Å². The molecule has 1 N–H and O–H groups in total. The molecule has 1 aromatic carbocycles. The van der Waals surface area contributed by atoms with Crippen molar-refractivity contribution in [1.29, 1.82) is 0 Å². The Balaban J connectivity index is 2.18. The minimum Gasteiger partial charge on any atom is -0.497 e. The lowest BCUT2D eigenvalue weighted by Gasteiger charge is -2.35. The van der Waals surface area contributed by atoms with Crippen LogP contribution in [0.3, 0.4) is 0 Å². The highest BCUT2D eigenvalue weighted by Crippen LogP contribution is 2.25. The number of nitrogens with zero attached hydrogens (tertiary/aromatic N) is 1. The van der Waals surface area contributed by atoms with Crippen LogP contribution in [0.4, 0.5) is 0 Å². The fraction of sp³-hybridized carbons (Fsp3) is 0.571. The van der Waals surface area contributed by atoms with E-state index in [0.29, 0.717) is 31.8 Å². The van der Waals surface area contributed by atoms with Gasteiger partial charge in [0.15, 0.2) is 0 Å². The molecule has 6 nitrogen and oxygen atoms in total. The number of benzene rings is 1. The molecule has 0 aliphatic carbocycles. The molecule has 1 heterocycles. The number of hydrogen-bond acceptors (Lipinski definition) is 5. The number of hydrogen-bond donors (Lipinski definition) is 1. The van der Waals surface area contributed by atoms with Crippen molar-refractivity contribution in [2.45, 2.75) is 23.3 Å².